The molecule has 2 unspecified atom stereocenters. The molecule has 5 rings (SSSR count). The summed E-state index contributed by atoms with van der Waals surface area (Å²) in [7, 11) is 0. The molecule has 2 atom stereocenters. The van der Waals surface area contributed by atoms with Crippen molar-refractivity contribution in [2.75, 3.05) is 31.5 Å². The van der Waals surface area contributed by atoms with Crippen LogP contribution in [0, 0.1) is 17.3 Å². The van der Waals surface area contributed by atoms with Gasteiger partial charge in [-0.2, -0.15) is 0 Å². The molecule has 0 aromatic heterocycles. The number of likely N-dealkylation sites (tertiary alicyclic amines) is 1. The lowest BCUT2D eigenvalue weighted by atomic mass is 9.80. The van der Waals surface area contributed by atoms with Gasteiger partial charge in [-0.3, -0.25) is 9.59 Å². The molecule has 1 spiro atoms. The minimum Gasteiger partial charge on any atom is -0.342 e. The number of carbonyl (C=O) groups excluding carboxylic acids is 2. The Morgan fingerprint density at radius 3 is 2.56 bits per heavy atom. The van der Waals surface area contributed by atoms with Gasteiger partial charge in [-0.25, -0.2) is 0 Å². The number of nitrogens with zero attached hydrogens (tertiary/aromatic N) is 1. The highest BCUT2D eigenvalue weighted by atomic mass is 35.5. The predicted octanol–water partition coefficient (Wildman–Crippen LogP) is 2.77. The van der Waals surface area contributed by atoms with Gasteiger partial charge in [-0.05, 0) is 68.2 Å². The standard InChI is InChI=1S/C21H27N3O2.ClH/c25-19-18(15-3-1-2-4-17(15)23-19)14-5-11-24(12-6-14)20(26)16-13-21(16)7-9-22-10-8-21;/h1-4,14,16,18,22H,5-13H2,(H,23,25);1H. The van der Waals surface area contributed by atoms with Gasteiger partial charge in [0.05, 0.1) is 5.92 Å². The highest BCUT2D eigenvalue weighted by Gasteiger charge is 2.58. The number of carbonyl (C=O) groups is 2. The molecule has 1 aromatic rings. The number of benzene rings is 1. The Kier molecular flexibility index (Phi) is 4.93. The summed E-state index contributed by atoms with van der Waals surface area (Å²) in [5.41, 5.74) is 2.41. The van der Waals surface area contributed by atoms with Crippen LogP contribution in [0.15, 0.2) is 24.3 Å². The summed E-state index contributed by atoms with van der Waals surface area (Å²) < 4.78 is 0. The van der Waals surface area contributed by atoms with E-state index in [-0.39, 0.29) is 30.2 Å². The molecule has 3 heterocycles. The van der Waals surface area contributed by atoms with E-state index in [9.17, 15) is 9.59 Å². The van der Waals surface area contributed by atoms with Crippen LogP contribution in [0.25, 0.3) is 0 Å². The fraction of sp³-hybridized carbons (Fsp3) is 0.619. The topological polar surface area (TPSA) is 61.4 Å². The summed E-state index contributed by atoms with van der Waals surface area (Å²) in [6, 6.07) is 8.03. The Bertz CT molecular complexity index is 739. The molecule has 1 aliphatic carbocycles. The average Bonchev–Trinajstić information content (AvgIpc) is 3.24. The zero-order chi connectivity index (χ0) is 17.7. The third-order valence-corrected chi connectivity index (χ3v) is 7.25. The Morgan fingerprint density at radius 1 is 1.11 bits per heavy atom. The second-order valence-corrected chi connectivity index (χ2v) is 8.59. The maximum atomic E-state index is 13.0. The van der Waals surface area contributed by atoms with Crippen LogP contribution >= 0.6 is 12.4 Å². The minimum absolute atomic E-state index is 0. The summed E-state index contributed by atoms with van der Waals surface area (Å²) in [4.78, 5) is 27.5. The number of amides is 2. The summed E-state index contributed by atoms with van der Waals surface area (Å²) in [6.07, 6.45) is 5.25. The Labute approximate surface area is 166 Å². The molecule has 27 heavy (non-hydrogen) atoms. The molecule has 4 aliphatic rings. The Morgan fingerprint density at radius 2 is 1.81 bits per heavy atom. The average molecular weight is 390 g/mol. The first-order valence-corrected chi connectivity index (χ1v) is 10.1. The molecule has 3 aliphatic heterocycles. The van der Waals surface area contributed by atoms with Crippen molar-refractivity contribution in [3.05, 3.63) is 29.8 Å². The van der Waals surface area contributed by atoms with Gasteiger partial charge in [-0.1, -0.05) is 18.2 Å². The molecular weight excluding hydrogens is 362 g/mol. The second kappa shape index (κ2) is 7.10. The number of hydrogen-bond acceptors (Lipinski definition) is 3. The van der Waals surface area contributed by atoms with Crippen LogP contribution in [0.1, 0.15) is 43.6 Å². The smallest absolute Gasteiger partial charge is 0.232 e. The van der Waals surface area contributed by atoms with Gasteiger partial charge in [0.15, 0.2) is 0 Å². The largest absolute Gasteiger partial charge is 0.342 e. The van der Waals surface area contributed by atoms with Gasteiger partial charge in [0.1, 0.15) is 0 Å². The van der Waals surface area contributed by atoms with E-state index in [0.717, 1.165) is 69.5 Å². The van der Waals surface area contributed by atoms with Crippen molar-refractivity contribution in [1.29, 1.82) is 0 Å². The molecule has 5 nitrogen and oxygen atoms in total. The maximum Gasteiger partial charge on any atom is 0.232 e. The van der Waals surface area contributed by atoms with Crippen molar-refractivity contribution < 1.29 is 9.59 Å². The summed E-state index contributed by atoms with van der Waals surface area (Å²) in [5, 5.41) is 6.43. The van der Waals surface area contributed by atoms with Gasteiger partial charge in [0.2, 0.25) is 11.8 Å². The number of rotatable bonds is 2. The third-order valence-electron chi connectivity index (χ3n) is 7.25. The van der Waals surface area contributed by atoms with Crippen LogP contribution in [-0.2, 0) is 9.59 Å². The molecular formula is C21H28ClN3O2. The van der Waals surface area contributed by atoms with Crippen LogP contribution < -0.4 is 10.6 Å². The molecule has 3 fully saturated rings. The molecule has 2 saturated heterocycles. The maximum absolute atomic E-state index is 13.0. The quantitative estimate of drug-likeness (QED) is 0.817. The highest BCUT2D eigenvalue weighted by molar-refractivity contribution is 6.03. The molecule has 0 bridgehead atoms. The van der Waals surface area contributed by atoms with Crippen LogP contribution in [0.3, 0.4) is 0 Å². The number of nitrogens with one attached hydrogen (secondary N) is 2. The molecule has 146 valence electrons. The summed E-state index contributed by atoms with van der Waals surface area (Å²) in [5.74, 6) is 1.07. The van der Waals surface area contributed by atoms with Crippen LogP contribution in [0.5, 0.6) is 0 Å². The summed E-state index contributed by atoms with van der Waals surface area (Å²) >= 11 is 0. The molecule has 1 saturated carbocycles. The lowest BCUT2D eigenvalue weighted by Gasteiger charge is -2.35. The van der Waals surface area contributed by atoms with Crippen LogP contribution in [-0.4, -0.2) is 42.9 Å². The second-order valence-electron chi connectivity index (χ2n) is 8.59. The number of anilines is 1. The summed E-state index contributed by atoms with van der Waals surface area (Å²) in [6.45, 7) is 3.73. The van der Waals surface area contributed by atoms with Crippen LogP contribution in [0.4, 0.5) is 5.69 Å². The van der Waals surface area contributed by atoms with E-state index in [2.05, 4.69) is 21.6 Å². The van der Waals surface area contributed by atoms with Crippen molar-refractivity contribution >= 4 is 29.9 Å². The zero-order valence-electron chi connectivity index (χ0n) is 15.6. The molecule has 6 heteroatoms. The number of para-hydroxylation sites is 1. The first-order valence-electron chi connectivity index (χ1n) is 10.1. The molecule has 2 amide bonds. The SMILES string of the molecule is Cl.O=C1Nc2ccccc2C1C1CCN(C(=O)C2CC23CCNCC3)CC1. The van der Waals surface area contributed by atoms with Crippen molar-refractivity contribution in [2.24, 2.45) is 17.3 Å². The van der Waals surface area contributed by atoms with E-state index in [1.165, 1.54) is 0 Å². The Hall–Kier alpha value is -1.59. The van der Waals surface area contributed by atoms with Gasteiger partial charge in [0, 0.05) is 24.7 Å². The third kappa shape index (κ3) is 3.15. The van der Waals surface area contributed by atoms with Crippen molar-refractivity contribution in [3.63, 3.8) is 0 Å². The lowest BCUT2D eigenvalue weighted by Crippen LogP contribution is -2.42. The monoisotopic (exact) mass is 389 g/mol. The number of halogens is 1. The number of fused-ring (bicyclic) bond motifs is 1. The van der Waals surface area contributed by atoms with Gasteiger partial charge in [0.25, 0.3) is 0 Å². The van der Waals surface area contributed by atoms with E-state index >= 15 is 0 Å². The van der Waals surface area contributed by atoms with Gasteiger partial charge < -0.3 is 15.5 Å². The highest BCUT2D eigenvalue weighted by Crippen LogP contribution is 2.59. The zero-order valence-corrected chi connectivity index (χ0v) is 16.4. The van der Waals surface area contributed by atoms with E-state index < -0.39 is 0 Å². The fourth-order valence-electron chi connectivity index (χ4n) is 5.55. The van der Waals surface area contributed by atoms with Crippen molar-refractivity contribution in [1.82, 2.24) is 10.2 Å². The van der Waals surface area contributed by atoms with Crippen LogP contribution in [0.2, 0.25) is 0 Å². The van der Waals surface area contributed by atoms with Crippen molar-refractivity contribution in [3.8, 4) is 0 Å². The number of hydrogen-bond donors (Lipinski definition) is 2. The minimum atomic E-state index is -0.0415. The van der Waals surface area contributed by atoms with Gasteiger partial charge >= 0.3 is 0 Å². The first kappa shape index (κ1) is 18.8. The molecule has 0 radical (unpaired) electrons. The normalized spacial score (nSPS) is 29.0. The Balaban J connectivity index is 0.00000180. The lowest BCUT2D eigenvalue weighted by molar-refractivity contribution is -0.135. The van der Waals surface area contributed by atoms with Gasteiger partial charge in [-0.15, -0.1) is 12.4 Å². The number of piperidine rings is 2. The molecule has 2 N–H and O–H groups in total. The van der Waals surface area contributed by atoms with E-state index in [1.807, 2.05) is 18.2 Å². The fourth-order valence-corrected chi connectivity index (χ4v) is 5.55. The molecule has 1 aromatic carbocycles. The van der Waals surface area contributed by atoms with E-state index in [4.69, 9.17) is 0 Å². The van der Waals surface area contributed by atoms with E-state index in [0.29, 0.717) is 17.2 Å². The van der Waals surface area contributed by atoms with E-state index in [1.54, 1.807) is 0 Å². The predicted molar refractivity (Wildman–Crippen MR) is 107 cm³/mol. The van der Waals surface area contributed by atoms with Crippen molar-refractivity contribution in [2.45, 2.75) is 38.0 Å². The first-order chi connectivity index (χ1) is 12.7.